The smallest absolute Gasteiger partial charge is 0.272 e. The molecule has 0 spiro atoms. The van der Waals surface area contributed by atoms with Crippen molar-refractivity contribution in [1.82, 2.24) is 14.9 Å². The lowest BCUT2D eigenvalue weighted by molar-refractivity contribution is 0.0676. The van der Waals surface area contributed by atoms with E-state index in [1.165, 1.54) is 6.42 Å². The van der Waals surface area contributed by atoms with E-state index in [0.717, 1.165) is 25.2 Å². The molecule has 2 aromatic rings. The van der Waals surface area contributed by atoms with Crippen molar-refractivity contribution >= 4 is 17.4 Å². The summed E-state index contributed by atoms with van der Waals surface area (Å²) in [7, 11) is 0. The average molecular weight is 310 g/mol. The molecule has 0 saturated carbocycles. The third-order valence-corrected chi connectivity index (χ3v) is 4.05. The Bertz CT molecular complexity index is 687. The zero-order valence-electron chi connectivity index (χ0n) is 13.6. The van der Waals surface area contributed by atoms with Crippen LogP contribution in [0.1, 0.15) is 36.1 Å². The maximum Gasteiger partial charge on any atom is 0.272 e. The van der Waals surface area contributed by atoms with Crippen molar-refractivity contribution < 1.29 is 4.79 Å². The molecule has 5 nitrogen and oxygen atoms in total. The number of aryl methyl sites for hydroxylation is 1. The van der Waals surface area contributed by atoms with Crippen LogP contribution in [0.5, 0.6) is 0 Å². The van der Waals surface area contributed by atoms with Gasteiger partial charge in [-0.25, -0.2) is 9.97 Å². The number of anilines is 2. The molecule has 1 N–H and O–H groups in total. The Morgan fingerprint density at radius 3 is 2.78 bits per heavy atom. The summed E-state index contributed by atoms with van der Waals surface area (Å²) in [6.07, 6.45) is 2.25. The summed E-state index contributed by atoms with van der Waals surface area (Å²) in [5, 5.41) is 3.23. The summed E-state index contributed by atoms with van der Waals surface area (Å²) >= 11 is 0. The van der Waals surface area contributed by atoms with Crippen LogP contribution in [0.25, 0.3) is 0 Å². The zero-order chi connectivity index (χ0) is 16.2. The van der Waals surface area contributed by atoms with Crippen LogP contribution in [0.15, 0.2) is 36.4 Å². The topological polar surface area (TPSA) is 58.1 Å². The van der Waals surface area contributed by atoms with E-state index in [1.54, 1.807) is 6.07 Å². The second-order valence-electron chi connectivity index (χ2n) is 6.18. The average Bonchev–Trinajstić information content (AvgIpc) is 2.54. The summed E-state index contributed by atoms with van der Waals surface area (Å²) < 4.78 is 0. The van der Waals surface area contributed by atoms with E-state index in [0.29, 0.717) is 23.3 Å². The highest BCUT2D eigenvalue weighted by molar-refractivity contribution is 5.93. The summed E-state index contributed by atoms with van der Waals surface area (Å²) in [5.41, 5.74) is 1.40. The molecule has 1 aromatic carbocycles. The number of benzene rings is 1. The number of carbonyl (C=O) groups excluding carboxylic acids is 1. The van der Waals surface area contributed by atoms with E-state index >= 15 is 0 Å². The minimum Gasteiger partial charge on any atom is -0.340 e. The fraction of sp³-hybridized carbons (Fsp3) is 0.389. The highest BCUT2D eigenvalue weighted by Crippen LogP contribution is 2.19. The van der Waals surface area contributed by atoms with Crippen LogP contribution in [0.3, 0.4) is 0 Å². The van der Waals surface area contributed by atoms with Crippen molar-refractivity contribution in [3.8, 4) is 0 Å². The second-order valence-corrected chi connectivity index (χ2v) is 6.18. The van der Waals surface area contributed by atoms with Gasteiger partial charge >= 0.3 is 0 Å². The van der Waals surface area contributed by atoms with E-state index in [1.807, 2.05) is 42.2 Å². The van der Waals surface area contributed by atoms with Crippen molar-refractivity contribution in [2.24, 2.45) is 5.92 Å². The Labute approximate surface area is 136 Å². The van der Waals surface area contributed by atoms with Crippen LogP contribution in [0.2, 0.25) is 0 Å². The summed E-state index contributed by atoms with van der Waals surface area (Å²) in [6, 6.07) is 11.5. The number of carbonyl (C=O) groups is 1. The predicted octanol–water partition coefficient (Wildman–Crippen LogP) is 3.40. The van der Waals surface area contributed by atoms with Crippen LogP contribution < -0.4 is 5.32 Å². The van der Waals surface area contributed by atoms with Gasteiger partial charge in [-0.3, -0.25) is 4.79 Å². The minimum atomic E-state index is -0.00170. The molecule has 3 rings (SSSR count). The number of hydrogen-bond acceptors (Lipinski definition) is 4. The molecule has 1 saturated heterocycles. The summed E-state index contributed by atoms with van der Waals surface area (Å²) in [4.78, 5) is 23.3. The van der Waals surface area contributed by atoms with E-state index in [-0.39, 0.29) is 5.91 Å². The van der Waals surface area contributed by atoms with Crippen molar-refractivity contribution in [2.75, 3.05) is 18.4 Å². The Balaban J connectivity index is 1.81. The van der Waals surface area contributed by atoms with Crippen LogP contribution in [0, 0.1) is 12.8 Å². The fourth-order valence-corrected chi connectivity index (χ4v) is 2.95. The Kier molecular flexibility index (Phi) is 4.55. The Morgan fingerprint density at radius 1 is 1.26 bits per heavy atom. The molecule has 0 aliphatic carbocycles. The van der Waals surface area contributed by atoms with Gasteiger partial charge in [0.2, 0.25) is 0 Å². The molecule has 0 bridgehead atoms. The molecule has 1 aliphatic heterocycles. The van der Waals surface area contributed by atoms with E-state index in [4.69, 9.17) is 0 Å². The third kappa shape index (κ3) is 3.86. The summed E-state index contributed by atoms with van der Waals surface area (Å²) in [6.45, 7) is 5.62. The number of piperidine rings is 1. The molecule has 5 heteroatoms. The van der Waals surface area contributed by atoms with Crippen LogP contribution in [-0.4, -0.2) is 33.9 Å². The van der Waals surface area contributed by atoms with Gasteiger partial charge in [0, 0.05) is 24.8 Å². The van der Waals surface area contributed by atoms with Gasteiger partial charge in [0.15, 0.2) is 0 Å². The molecule has 1 atom stereocenters. The standard InChI is InChI=1S/C18H22N4O/c1-13-7-6-10-22(12-13)18(23)16-11-17(20-14(2)19-16)21-15-8-4-3-5-9-15/h3-5,8-9,11,13H,6-7,10,12H2,1-2H3,(H,19,20,21). The summed E-state index contributed by atoms with van der Waals surface area (Å²) in [5.74, 6) is 1.80. The first-order valence-electron chi connectivity index (χ1n) is 8.09. The highest BCUT2D eigenvalue weighted by Gasteiger charge is 2.23. The zero-order valence-corrected chi connectivity index (χ0v) is 13.6. The van der Waals surface area contributed by atoms with Gasteiger partial charge in [0.05, 0.1) is 0 Å². The lowest BCUT2D eigenvalue weighted by atomic mass is 10.00. The molecule has 1 amide bonds. The minimum absolute atomic E-state index is 0.00170. The van der Waals surface area contributed by atoms with Crippen LogP contribution in [-0.2, 0) is 0 Å². The number of hydrogen-bond donors (Lipinski definition) is 1. The number of nitrogens with one attached hydrogen (secondary N) is 1. The van der Waals surface area contributed by atoms with Gasteiger partial charge in [0.25, 0.3) is 5.91 Å². The van der Waals surface area contributed by atoms with Crippen molar-refractivity contribution in [3.63, 3.8) is 0 Å². The van der Waals surface area contributed by atoms with Gasteiger partial charge in [-0.05, 0) is 37.8 Å². The molecular formula is C18H22N4O. The first kappa shape index (κ1) is 15.5. The quantitative estimate of drug-likeness (QED) is 0.944. The number of rotatable bonds is 3. The number of nitrogens with zero attached hydrogens (tertiary/aromatic N) is 3. The number of amides is 1. The van der Waals surface area contributed by atoms with Crippen molar-refractivity contribution in [1.29, 1.82) is 0 Å². The first-order chi connectivity index (χ1) is 11.1. The largest absolute Gasteiger partial charge is 0.340 e. The molecule has 120 valence electrons. The third-order valence-electron chi connectivity index (χ3n) is 4.05. The molecule has 1 aliphatic rings. The molecule has 0 radical (unpaired) electrons. The number of para-hydroxylation sites is 1. The lowest BCUT2D eigenvalue weighted by Gasteiger charge is -2.30. The molecule has 1 fully saturated rings. The maximum absolute atomic E-state index is 12.7. The molecular weight excluding hydrogens is 288 g/mol. The number of likely N-dealkylation sites (tertiary alicyclic amines) is 1. The Morgan fingerprint density at radius 2 is 2.04 bits per heavy atom. The fourth-order valence-electron chi connectivity index (χ4n) is 2.95. The second kappa shape index (κ2) is 6.77. The predicted molar refractivity (Wildman–Crippen MR) is 90.8 cm³/mol. The molecule has 2 heterocycles. The number of aromatic nitrogens is 2. The Hall–Kier alpha value is -2.43. The highest BCUT2D eigenvalue weighted by atomic mass is 16.2. The first-order valence-corrected chi connectivity index (χ1v) is 8.09. The van der Waals surface area contributed by atoms with Crippen LogP contribution in [0.4, 0.5) is 11.5 Å². The molecule has 1 unspecified atom stereocenters. The van der Waals surface area contributed by atoms with Gasteiger partial charge in [0.1, 0.15) is 17.3 Å². The maximum atomic E-state index is 12.7. The van der Waals surface area contributed by atoms with E-state index in [2.05, 4.69) is 22.2 Å². The van der Waals surface area contributed by atoms with Gasteiger partial charge in [-0.2, -0.15) is 0 Å². The van der Waals surface area contributed by atoms with Crippen molar-refractivity contribution in [3.05, 3.63) is 47.9 Å². The molecule has 1 aromatic heterocycles. The normalized spacial score (nSPS) is 17.8. The van der Waals surface area contributed by atoms with Gasteiger partial charge in [-0.1, -0.05) is 25.1 Å². The van der Waals surface area contributed by atoms with E-state index in [9.17, 15) is 4.79 Å². The monoisotopic (exact) mass is 310 g/mol. The lowest BCUT2D eigenvalue weighted by Crippen LogP contribution is -2.39. The van der Waals surface area contributed by atoms with Crippen molar-refractivity contribution in [2.45, 2.75) is 26.7 Å². The SMILES string of the molecule is Cc1nc(Nc2ccccc2)cc(C(=O)N2CCCC(C)C2)n1. The molecule has 23 heavy (non-hydrogen) atoms. The van der Waals surface area contributed by atoms with Gasteiger partial charge in [-0.15, -0.1) is 0 Å². The van der Waals surface area contributed by atoms with E-state index < -0.39 is 0 Å². The van der Waals surface area contributed by atoms with Gasteiger partial charge < -0.3 is 10.2 Å². The van der Waals surface area contributed by atoms with Crippen LogP contribution >= 0.6 is 0 Å².